The number of likely N-dealkylation sites (N-methyl/N-ethyl adjacent to an activating group) is 1. The van der Waals surface area contributed by atoms with Crippen LogP contribution in [0.4, 0.5) is 5.69 Å². The second kappa shape index (κ2) is 7.68. The summed E-state index contributed by atoms with van der Waals surface area (Å²) in [5.41, 5.74) is 2.24. The van der Waals surface area contributed by atoms with Gasteiger partial charge in [0.15, 0.2) is 0 Å². The molecule has 1 aliphatic heterocycles. The Labute approximate surface area is 142 Å². The normalized spacial score (nSPS) is 15.6. The summed E-state index contributed by atoms with van der Waals surface area (Å²) in [4.78, 5) is 16.3. The first-order chi connectivity index (χ1) is 11.7. The van der Waals surface area contributed by atoms with Gasteiger partial charge >= 0.3 is 5.97 Å². The molecule has 1 fully saturated rings. The SMILES string of the molecule is COC(=O)Cn1ccc2c(N(C)CCN3CCOCC3)cccc21. The van der Waals surface area contributed by atoms with Crippen LogP contribution in [0.2, 0.25) is 0 Å². The number of hydrogen-bond donors (Lipinski definition) is 0. The van der Waals surface area contributed by atoms with Gasteiger partial charge in [0.2, 0.25) is 0 Å². The van der Waals surface area contributed by atoms with E-state index in [0.29, 0.717) is 0 Å². The molecule has 6 heteroatoms. The van der Waals surface area contributed by atoms with Gasteiger partial charge in [0, 0.05) is 50.5 Å². The average Bonchev–Trinajstić information content (AvgIpc) is 3.03. The van der Waals surface area contributed by atoms with Gasteiger partial charge in [-0.15, -0.1) is 0 Å². The highest BCUT2D eigenvalue weighted by Crippen LogP contribution is 2.27. The molecule has 0 saturated carbocycles. The lowest BCUT2D eigenvalue weighted by Gasteiger charge is -2.29. The van der Waals surface area contributed by atoms with Crippen molar-refractivity contribution in [3.05, 3.63) is 30.5 Å². The van der Waals surface area contributed by atoms with E-state index < -0.39 is 0 Å². The third-order valence-electron chi connectivity index (χ3n) is 4.58. The zero-order chi connectivity index (χ0) is 16.9. The number of aromatic nitrogens is 1. The van der Waals surface area contributed by atoms with Crippen LogP contribution in [0.5, 0.6) is 0 Å². The van der Waals surface area contributed by atoms with Crippen molar-refractivity contribution in [2.45, 2.75) is 6.54 Å². The molecule has 3 rings (SSSR count). The zero-order valence-electron chi connectivity index (χ0n) is 14.4. The predicted octanol–water partition coefficient (Wildman–Crippen LogP) is 1.58. The van der Waals surface area contributed by atoms with Gasteiger partial charge in [0.05, 0.1) is 25.8 Å². The van der Waals surface area contributed by atoms with E-state index in [1.807, 2.05) is 22.9 Å². The van der Waals surface area contributed by atoms with Crippen molar-refractivity contribution in [1.82, 2.24) is 9.47 Å². The molecule has 0 atom stereocenters. The molecule has 1 saturated heterocycles. The van der Waals surface area contributed by atoms with Gasteiger partial charge in [0.25, 0.3) is 0 Å². The quantitative estimate of drug-likeness (QED) is 0.752. The van der Waals surface area contributed by atoms with Crippen molar-refractivity contribution >= 4 is 22.6 Å². The molecule has 0 N–H and O–H groups in total. The molecule has 2 aromatic rings. The van der Waals surface area contributed by atoms with Crippen LogP contribution in [0.25, 0.3) is 10.9 Å². The first-order valence-corrected chi connectivity index (χ1v) is 8.35. The molecule has 0 spiro atoms. The van der Waals surface area contributed by atoms with Crippen LogP contribution in [-0.2, 0) is 20.8 Å². The number of fused-ring (bicyclic) bond motifs is 1. The Balaban J connectivity index is 1.72. The summed E-state index contributed by atoms with van der Waals surface area (Å²) in [5.74, 6) is -0.237. The highest BCUT2D eigenvalue weighted by atomic mass is 16.5. The number of carbonyl (C=O) groups excluding carboxylic acids is 1. The van der Waals surface area contributed by atoms with Crippen molar-refractivity contribution in [3.63, 3.8) is 0 Å². The molecule has 2 heterocycles. The molecule has 130 valence electrons. The number of ether oxygens (including phenoxy) is 2. The molecule has 0 unspecified atom stereocenters. The van der Waals surface area contributed by atoms with E-state index in [1.54, 1.807) is 0 Å². The molecule has 24 heavy (non-hydrogen) atoms. The molecule has 0 amide bonds. The summed E-state index contributed by atoms with van der Waals surface area (Å²) in [7, 11) is 3.53. The number of rotatable bonds is 6. The lowest BCUT2D eigenvalue weighted by molar-refractivity contribution is -0.141. The van der Waals surface area contributed by atoms with Crippen LogP contribution >= 0.6 is 0 Å². The van der Waals surface area contributed by atoms with Gasteiger partial charge in [-0.05, 0) is 18.2 Å². The smallest absolute Gasteiger partial charge is 0.325 e. The zero-order valence-corrected chi connectivity index (χ0v) is 14.4. The fourth-order valence-electron chi connectivity index (χ4n) is 3.12. The van der Waals surface area contributed by atoms with E-state index in [2.05, 4.69) is 29.0 Å². The minimum atomic E-state index is -0.237. The fraction of sp³-hybridized carbons (Fsp3) is 0.500. The summed E-state index contributed by atoms with van der Waals surface area (Å²) in [6.07, 6.45) is 1.95. The first-order valence-electron chi connectivity index (χ1n) is 8.35. The van der Waals surface area contributed by atoms with E-state index >= 15 is 0 Å². The summed E-state index contributed by atoms with van der Waals surface area (Å²) in [6, 6.07) is 8.28. The van der Waals surface area contributed by atoms with Crippen LogP contribution in [-0.4, -0.2) is 69.0 Å². The van der Waals surface area contributed by atoms with Gasteiger partial charge in [-0.25, -0.2) is 0 Å². The molecule has 0 aliphatic carbocycles. The third kappa shape index (κ3) is 3.71. The monoisotopic (exact) mass is 331 g/mol. The molecule has 1 aromatic carbocycles. The van der Waals surface area contributed by atoms with Crippen molar-refractivity contribution in [2.75, 3.05) is 58.5 Å². The van der Waals surface area contributed by atoms with E-state index in [4.69, 9.17) is 9.47 Å². The molecule has 1 aliphatic rings. The number of morpholine rings is 1. The second-order valence-corrected chi connectivity index (χ2v) is 6.11. The number of benzene rings is 1. The van der Waals surface area contributed by atoms with Gasteiger partial charge in [-0.3, -0.25) is 9.69 Å². The van der Waals surface area contributed by atoms with Crippen molar-refractivity contribution in [3.8, 4) is 0 Å². The number of methoxy groups -OCH3 is 1. The standard InChI is InChI=1S/C18H25N3O3/c1-19(8-9-20-10-12-24-13-11-20)16-4-3-5-17-15(16)6-7-21(17)14-18(22)23-2/h3-7H,8-14H2,1-2H3. The van der Waals surface area contributed by atoms with Crippen molar-refractivity contribution < 1.29 is 14.3 Å². The van der Waals surface area contributed by atoms with Crippen LogP contribution in [0.15, 0.2) is 30.5 Å². The van der Waals surface area contributed by atoms with E-state index in [0.717, 1.165) is 50.3 Å². The lowest BCUT2D eigenvalue weighted by atomic mass is 10.2. The van der Waals surface area contributed by atoms with E-state index in [1.165, 1.54) is 12.8 Å². The van der Waals surface area contributed by atoms with Crippen LogP contribution in [0.1, 0.15) is 0 Å². The number of carbonyl (C=O) groups is 1. The maximum atomic E-state index is 11.6. The highest BCUT2D eigenvalue weighted by molar-refractivity contribution is 5.93. The largest absolute Gasteiger partial charge is 0.468 e. The van der Waals surface area contributed by atoms with Gasteiger partial charge in [0.1, 0.15) is 6.54 Å². The summed E-state index contributed by atoms with van der Waals surface area (Å²) in [6.45, 7) is 5.90. The maximum absolute atomic E-state index is 11.6. The average molecular weight is 331 g/mol. The highest BCUT2D eigenvalue weighted by Gasteiger charge is 2.14. The molecular weight excluding hydrogens is 306 g/mol. The Morgan fingerprint density at radius 1 is 1.29 bits per heavy atom. The number of hydrogen-bond acceptors (Lipinski definition) is 5. The second-order valence-electron chi connectivity index (χ2n) is 6.11. The predicted molar refractivity (Wildman–Crippen MR) is 94.5 cm³/mol. The van der Waals surface area contributed by atoms with Crippen molar-refractivity contribution in [2.24, 2.45) is 0 Å². The Morgan fingerprint density at radius 3 is 2.83 bits per heavy atom. The van der Waals surface area contributed by atoms with Gasteiger partial charge in [-0.2, -0.15) is 0 Å². The molecule has 1 aromatic heterocycles. The third-order valence-corrected chi connectivity index (χ3v) is 4.58. The molecule has 0 radical (unpaired) electrons. The Morgan fingerprint density at radius 2 is 2.08 bits per heavy atom. The minimum absolute atomic E-state index is 0.237. The molecule has 6 nitrogen and oxygen atoms in total. The minimum Gasteiger partial charge on any atom is -0.468 e. The summed E-state index contributed by atoms with van der Waals surface area (Å²) in [5, 5.41) is 1.16. The Hall–Kier alpha value is -2.05. The number of nitrogens with zero attached hydrogens (tertiary/aromatic N) is 3. The Bertz CT molecular complexity index is 692. The van der Waals surface area contributed by atoms with Crippen LogP contribution in [0.3, 0.4) is 0 Å². The summed E-state index contributed by atoms with van der Waals surface area (Å²) < 4.78 is 12.1. The number of anilines is 1. The van der Waals surface area contributed by atoms with Crippen LogP contribution < -0.4 is 4.90 Å². The maximum Gasteiger partial charge on any atom is 0.325 e. The van der Waals surface area contributed by atoms with E-state index in [-0.39, 0.29) is 12.5 Å². The fourth-order valence-corrected chi connectivity index (χ4v) is 3.12. The number of esters is 1. The molecular formula is C18H25N3O3. The van der Waals surface area contributed by atoms with Gasteiger partial charge < -0.3 is 18.9 Å². The van der Waals surface area contributed by atoms with Gasteiger partial charge in [-0.1, -0.05) is 6.07 Å². The van der Waals surface area contributed by atoms with Crippen LogP contribution in [0, 0.1) is 0 Å². The summed E-state index contributed by atoms with van der Waals surface area (Å²) >= 11 is 0. The topological polar surface area (TPSA) is 46.9 Å². The van der Waals surface area contributed by atoms with Crippen molar-refractivity contribution in [1.29, 1.82) is 0 Å². The first kappa shape index (κ1) is 16.8. The molecule has 0 bridgehead atoms. The lowest BCUT2D eigenvalue weighted by Crippen LogP contribution is -2.40. The van der Waals surface area contributed by atoms with E-state index in [9.17, 15) is 4.79 Å². The Kier molecular flexibility index (Phi) is 5.37.